The molecular formula is C46H78N2O12S. The lowest BCUT2D eigenvalue weighted by Crippen LogP contribution is -2.61. The quantitative estimate of drug-likeness (QED) is 0.155. The lowest BCUT2D eigenvalue weighted by atomic mass is 9.76. The number of methoxy groups -OCH3 is 2. The third-order valence-corrected chi connectivity index (χ3v) is 14.4. The van der Waals surface area contributed by atoms with Gasteiger partial charge < -0.3 is 63.8 Å². The molecule has 3 fully saturated rings. The van der Waals surface area contributed by atoms with E-state index in [0.717, 1.165) is 5.56 Å². The highest BCUT2D eigenvalue weighted by molar-refractivity contribution is 7.80. The summed E-state index contributed by atoms with van der Waals surface area (Å²) >= 11 is 5.83. The van der Waals surface area contributed by atoms with Gasteiger partial charge in [0.25, 0.3) is 0 Å². The van der Waals surface area contributed by atoms with Crippen molar-refractivity contribution in [2.45, 2.75) is 199 Å². The van der Waals surface area contributed by atoms with E-state index in [1.807, 2.05) is 70.0 Å². The van der Waals surface area contributed by atoms with Crippen LogP contribution in [0.15, 0.2) is 30.3 Å². The van der Waals surface area contributed by atoms with Crippen LogP contribution in [0.3, 0.4) is 0 Å². The molecule has 3 heterocycles. The van der Waals surface area contributed by atoms with Crippen molar-refractivity contribution in [3.05, 3.63) is 35.9 Å². The highest BCUT2D eigenvalue weighted by atomic mass is 32.1. The SMILES string of the molecule is CC[C@H]1OC(=O)[C@H](C)[C@@H](O[C@H]2C[C@@](C)(OC)[C@@H](O)[C@H](C)O2)[C@H](C)[C@@H](O[C@@H]2O[C@H](C)C[C@H](N(C)C(=S)NCc3ccccc3)[C@H]2O)[C@](C)(OC)C[C@@H](C)CC[C@H](C)[C@@H](O)[C@]1(C)O. The van der Waals surface area contributed by atoms with E-state index in [2.05, 4.69) is 12.2 Å². The molecule has 3 aliphatic rings. The predicted molar refractivity (Wildman–Crippen MR) is 235 cm³/mol. The number of aliphatic hydroxyl groups is 4. The second-order valence-corrected chi connectivity index (χ2v) is 19.4. The van der Waals surface area contributed by atoms with Crippen molar-refractivity contribution in [3.63, 3.8) is 0 Å². The number of benzene rings is 1. The van der Waals surface area contributed by atoms with Crippen molar-refractivity contribution in [2.75, 3.05) is 21.3 Å². The first kappa shape index (κ1) is 51.6. The first-order valence-corrected chi connectivity index (χ1v) is 22.7. The second kappa shape index (κ2) is 21.8. The second-order valence-electron chi connectivity index (χ2n) is 19.0. The highest BCUT2D eigenvalue weighted by Gasteiger charge is 2.53. The maximum absolute atomic E-state index is 14.4. The molecule has 350 valence electrons. The van der Waals surface area contributed by atoms with E-state index >= 15 is 0 Å². The molecule has 14 nitrogen and oxygen atoms in total. The van der Waals surface area contributed by atoms with Crippen LogP contribution in [0.25, 0.3) is 0 Å². The minimum atomic E-state index is -1.74. The largest absolute Gasteiger partial charge is 0.459 e. The lowest BCUT2D eigenvalue weighted by Gasteiger charge is -2.49. The fourth-order valence-electron chi connectivity index (χ4n) is 9.76. The predicted octanol–water partition coefficient (Wildman–Crippen LogP) is 5.10. The van der Waals surface area contributed by atoms with Gasteiger partial charge in [0.15, 0.2) is 17.7 Å². The van der Waals surface area contributed by atoms with Crippen LogP contribution in [0.5, 0.6) is 0 Å². The van der Waals surface area contributed by atoms with Crippen molar-refractivity contribution < 1.29 is 58.4 Å². The Morgan fingerprint density at radius 2 is 1.56 bits per heavy atom. The van der Waals surface area contributed by atoms with Crippen molar-refractivity contribution >= 4 is 23.3 Å². The molecule has 5 N–H and O–H groups in total. The van der Waals surface area contributed by atoms with E-state index in [-0.39, 0.29) is 30.8 Å². The van der Waals surface area contributed by atoms with Crippen molar-refractivity contribution in [3.8, 4) is 0 Å². The maximum atomic E-state index is 14.4. The van der Waals surface area contributed by atoms with Gasteiger partial charge in [0.2, 0.25) is 0 Å². The molecule has 0 aliphatic carbocycles. The van der Waals surface area contributed by atoms with Crippen LogP contribution in [0.4, 0.5) is 0 Å². The number of aliphatic hydroxyl groups excluding tert-OH is 3. The number of ether oxygens (including phenoxy) is 7. The number of nitrogens with one attached hydrogen (secondary N) is 1. The van der Waals surface area contributed by atoms with E-state index in [1.54, 1.807) is 34.8 Å². The molecule has 0 bridgehead atoms. The topological polar surface area (TPSA) is 178 Å². The fourth-order valence-corrected chi connectivity index (χ4v) is 9.97. The van der Waals surface area contributed by atoms with Gasteiger partial charge in [-0.3, -0.25) is 4.79 Å². The number of hydrogen-bond donors (Lipinski definition) is 5. The number of nitrogens with zero attached hydrogens (tertiary/aromatic N) is 1. The number of likely N-dealkylation sites (N-methyl/N-ethyl adjacent to an activating group) is 1. The summed E-state index contributed by atoms with van der Waals surface area (Å²) in [5.74, 6) is -2.57. The first-order chi connectivity index (χ1) is 28.5. The molecule has 0 aromatic heterocycles. The molecule has 1 aromatic carbocycles. The summed E-state index contributed by atoms with van der Waals surface area (Å²) in [6, 6.07) is 9.46. The van der Waals surface area contributed by atoms with E-state index in [4.69, 9.17) is 45.4 Å². The zero-order valence-corrected chi connectivity index (χ0v) is 39.7. The molecule has 1 aromatic rings. The average Bonchev–Trinajstić information content (AvgIpc) is 3.23. The summed E-state index contributed by atoms with van der Waals surface area (Å²) < 4.78 is 45.0. The summed E-state index contributed by atoms with van der Waals surface area (Å²) in [5, 5.41) is 50.3. The summed E-state index contributed by atoms with van der Waals surface area (Å²) in [4.78, 5) is 16.3. The average molecular weight is 883 g/mol. The summed E-state index contributed by atoms with van der Waals surface area (Å²) in [6.07, 6.45) is -6.55. The van der Waals surface area contributed by atoms with Crippen LogP contribution in [-0.2, 0) is 44.5 Å². The standard InChI is InChI=1S/C46H78N2O12S/c1-14-34-46(10,53)38(50)27(3)21-20-26(2)23-45(9,55-13)40(29(5)37(30(6)41(52)58-34)59-35-24-44(8,54-12)39(51)31(7)57-35)60-42-36(49)33(22-28(4)56-42)48(11)43(61)47-25-32-18-16-15-17-19-32/h15-19,26-31,33-40,42,49-51,53H,14,20-25H2,1-13H3,(H,47,61)/t26-,27-,28+,29-,30+,31-,33-,34+,35-,36+,37-,38+,39-,40+,42-,44+,45+,46+/m0/s1. The molecule has 0 spiro atoms. The smallest absolute Gasteiger partial charge is 0.311 e. The fraction of sp³-hybridized carbons (Fsp3) is 0.826. The number of esters is 1. The molecule has 15 heteroatoms. The Bertz CT molecular complexity index is 1540. The molecule has 61 heavy (non-hydrogen) atoms. The third-order valence-electron chi connectivity index (χ3n) is 14.0. The Kier molecular flexibility index (Phi) is 18.4. The van der Waals surface area contributed by atoms with Crippen molar-refractivity contribution in [2.24, 2.45) is 23.7 Å². The van der Waals surface area contributed by atoms with E-state index in [9.17, 15) is 25.2 Å². The Labute approximate surface area is 370 Å². The van der Waals surface area contributed by atoms with Crippen LogP contribution in [-0.4, -0.2) is 142 Å². The normalized spacial score (nSPS) is 43.4. The van der Waals surface area contributed by atoms with Crippen LogP contribution in [0.1, 0.15) is 113 Å². The number of carbonyl (C=O) groups excluding carboxylic acids is 1. The van der Waals surface area contributed by atoms with Crippen LogP contribution in [0, 0.1) is 23.7 Å². The molecule has 0 unspecified atom stereocenters. The van der Waals surface area contributed by atoms with Gasteiger partial charge in [-0.25, -0.2) is 0 Å². The van der Waals surface area contributed by atoms with Gasteiger partial charge in [-0.15, -0.1) is 0 Å². The maximum Gasteiger partial charge on any atom is 0.311 e. The zero-order valence-electron chi connectivity index (χ0n) is 38.9. The van der Waals surface area contributed by atoms with E-state index in [0.29, 0.717) is 37.3 Å². The minimum absolute atomic E-state index is 0.0408. The number of hydrogen-bond acceptors (Lipinski definition) is 13. The van der Waals surface area contributed by atoms with Gasteiger partial charge in [-0.1, -0.05) is 64.4 Å². The van der Waals surface area contributed by atoms with Crippen LogP contribution in [0.2, 0.25) is 0 Å². The highest BCUT2D eigenvalue weighted by Crippen LogP contribution is 2.42. The molecule has 4 rings (SSSR count). The van der Waals surface area contributed by atoms with Gasteiger partial charge in [0, 0.05) is 40.2 Å². The van der Waals surface area contributed by atoms with Crippen LogP contribution < -0.4 is 5.32 Å². The molecule has 0 amide bonds. The van der Waals surface area contributed by atoms with Crippen LogP contribution >= 0.6 is 12.2 Å². The Balaban J connectivity index is 1.77. The van der Waals surface area contributed by atoms with Gasteiger partial charge >= 0.3 is 5.97 Å². The molecule has 0 saturated carbocycles. The molecule has 3 saturated heterocycles. The third kappa shape index (κ3) is 12.2. The van der Waals surface area contributed by atoms with E-state index < -0.39 is 96.0 Å². The summed E-state index contributed by atoms with van der Waals surface area (Å²) in [6.45, 7) is 18.9. The lowest BCUT2D eigenvalue weighted by molar-refractivity contribution is -0.318. The Morgan fingerprint density at radius 1 is 0.918 bits per heavy atom. The monoisotopic (exact) mass is 883 g/mol. The Morgan fingerprint density at radius 3 is 2.16 bits per heavy atom. The molecule has 0 radical (unpaired) electrons. The van der Waals surface area contributed by atoms with Gasteiger partial charge in [-0.05, 0) is 96.8 Å². The molecular weight excluding hydrogens is 805 g/mol. The van der Waals surface area contributed by atoms with Gasteiger partial charge in [-0.2, -0.15) is 0 Å². The van der Waals surface area contributed by atoms with Crippen molar-refractivity contribution in [1.29, 1.82) is 0 Å². The molecule has 18 atom stereocenters. The summed E-state index contributed by atoms with van der Waals surface area (Å²) in [7, 11) is 5.00. The number of thiocarbonyl (C=S) groups is 1. The first-order valence-electron chi connectivity index (χ1n) is 22.3. The number of carbonyl (C=O) groups is 1. The van der Waals surface area contributed by atoms with Gasteiger partial charge in [0.1, 0.15) is 23.9 Å². The number of cyclic esters (lactones) is 1. The van der Waals surface area contributed by atoms with Crippen molar-refractivity contribution in [1.82, 2.24) is 10.2 Å². The van der Waals surface area contributed by atoms with Gasteiger partial charge in [0.05, 0.1) is 53.7 Å². The minimum Gasteiger partial charge on any atom is -0.459 e. The number of rotatable bonds is 10. The zero-order chi connectivity index (χ0) is 45.6. The summed E-state index contributed by atoms with van der Waals surface area (Å²) in [5.41, 5.74) is -2.74. The Hall–Kier alpha value is -2.02. The van der Waals surface area contributed by atoms with E-state index in [1.165, 1.54) is 14.0 Å². The molecule has 3 aliphatic heterocycles.